The third-order valence-electron chi connectivity index (χ3n) is 2.20. The summed E-state index contributed by atoms with van der Waals surface area (Å²) in [5.74, 6) is -0.931. The van der Waals surface area contributed by atoms with Gasteiger partial charge in [-0.1, -0.05) is 23.5 Å². The normalized spacial score (nSPS) is 10.3. The number of hydrogen-bond acceptors (Lipinski definition) is 5. The Bertz CT molecular complexity index is 583. The molecule has 1 heterocycles. The second-order valence-corrected chi connectivity index (χ2v) is 4.49. The van der Waals surface area contributed by atoms with E-state index in [1.165, 1.54) is 12.1 Å². The first-order valence-electron chi connectivity index (χ1n) is 5.31. The Kier molecular flexibility index (Phi) is 3.57. The first-order valence-corrected chi connectivity index (χ1v) is 6.13. The van der Waals surface area contributed by atoms with E-state index >= 15 is 0 Å². The number of halogens is 1. The van der Waals surface area contributed by atoms with Crippen molar-refractivity contribution in [3.8, 4) is 10.4 Å². The number of carbonyl (C=O) groups is 1. The smallest absolute Gasteiger partial charge is 0.358 e. The Morgan fingerprint density at radius 1 is 1.56 bits per heavy atom. The van der Waals surface area contributed by atoms with Gasteiger partial charge >= 0.3 is 5.97 Å². The molecule has 0 spiro atoms. The first-order chi connectivity index (χ1) is 8.61. The summed E-state index contributed by atoms with van der Waals surface area (Å²) in [7, 11) is 0. The van der Waals surface area contributed by atoms with Crippen LogP contribution in [0.25, 0.3) is 10.4 Å². The number of nitrogen functional groups attached to an aromatic ring is 1. The number of benzene rings is 1. The van der Waals surface area contributed by atoms with Crippen LogP contribution in [-0.2, 0) is 4.74 Å². The predicted octanol–water partition coefficient (Wildman–Crippen LogP) is 2.71. The molecule has 0 aliphatic heterocycles. The average Bonchev–Trinajstić information content (AvgIpc) is 2.72. The molecule has 94 valence electrons. The van der Waals surface area contributed by atoms with E-state index in [1.807, 2.05) is 0 Å². The van der Waals surface area contributed by atoms with Crippen molar-refractivity contribution in [3.05, 3.63) is 35.8 Å². The van der Waals surface area contributed by atoms with Crippen LogP contribution in [0, 0.1) is 5.82 Å². The molecule has 4 nitrogen and oxygen atoms in total. The van der Waals surface area contributed by atoms with Gasteiger partial charge < -0.3 is 10.5 Å². The standard InChI is InChI=1S/C12H11FN2O2S/c1-2-17-11(16)9-10(18-12(14)15-9)7-4-3-5-8(13)6-7/h3-6H,2H2,1H3,(H2,14,15). The van der Waals surface area contributed by atoms with Crippen molar-refractivity contribution in [2.24, 2.45) is 0 Å². The molecule has 0 saturated heterocycles. The van der Waals surface area contributed by atoms with Crippen LogP contribution in [0.5, 0.6) is 0 Å². The Balaban J connectivity index is 2.47. The predicted molar refractivity (Wildman–Crippen MR) is 67.9 cm³/mol. The number of aromatic nitrogens is 1. The Hall–Kier alpha value is -1.95. The lowest BCUT2D eigenvalue weighted by Gasteiger charge is -2.02. The molecule has 0 atom stereocenters. The number of carbonyl (C=O) groups excluding carboxylic acids is 1. The van der Waals surface area contributed by atoms with E-state index in [2.05, 4.69) is 4.98 Å². The van der Waals surface area contributed by atoms with Crippen LogP contribution in [0.1, 0.15) is 17.4 Å². The third kappa shape index (κ3) is 2.48. The van der Waals surface area contributed by atoms with Crippen LogP contribution in [0.4, 0.5) is 9.52 Å². The molecule has 2 aromatic rings. The van der Waals surface area contributed by atoms with E-state index in [0.717, 1.165) is 11.3 Å². The lowest BCUT2D eigenvalue weighted by Crippen LogP contribution is -2.06. The van der Waals surface area contributed by atoms with Gasteiger partial charge in [0, 0.05) is 0 Å². The first kappa shape index (κ1) is 12.5. The maximum atomic E-state index is 13.2. The summed E-state index contributed by atoms with van der Waals surface area (Å²) in [6.07, 6.45) is 0. The van der Waals surface area contributed by atoms with Gasteiger partial charge in [0.15, 0.2) is 10.8 Å². The van der Waals surface area contributed by atoms with Crippen LogP contribution in [-0.4, -0.2) is 17.6 Å². The summed E-state index contributed by atoms with van der Waals surface area (Å²) < 4.78 is 18.1. The van der Waals surface area contributed by atoms with Crippen molar-refractivity contribution < 1.29 is 13.9 Å². The molecule has 1 aromatic carbocycles. The third-order valence-corrected chi connectivity index (χ3v) is 3.13. The second-order valence-electron chi connectivity index (χ2n) is 3.46. The van der Waals surface area contributed by atoms with Gasteiger partial charge in [-0.05, 0) is 24.6 Å². The number of thiazole rings is 1. The minimum Gasteiger partial charge on any atom is -0.461 e. The fourth-order valence-electron chi connectivity index (χ4n) is 1.50. The molecule has 0 aliphatic rings. The number of nitrogens with zero attached hydrogens (tertiary/aromatic N) is 1. The molecule has 0 unspecified atom stereocenters. The number of esters is 1. The van der Waals surface area contributed by atoms with Crippen molar-refractivity contribution in [3.63, 3.8) is 0 Å². The van der Waals surface area contributed by atoms with Crippen molar-refractivity contribution in [2.45, 2.75) is 6.92 Å². The van der Waals surface area contributed by atoms with E-state index in [4.69, 9.17) is 10.5 Å². The van der Waals surface area contributed by atoms with Crippen LogP contribution in [0.3, 0.4) is 0 Å². The highest BCUT2D eigenvalue weighted by Gasteiger charge is 2.19. The van der Waals surface area contributed by atoms with Gasteiger partial charge in [-0.15, -0.1) is 0 Å². The number of rotatable bonds is 3. The second kappa shape index (κ2) is 5.14. The molecular weight excluding hydrogens is 255 g/mol. The van der Waals surface area contributed by atoms with Gasteiger partial charge in [0.2, 0.25) is 0 Å². The fraction of sp³-hybridized carbons (Fsp3) is 0.167. The molecule has 0 fully saturated rings. The Morgan fingerprint density at radius 3 is 3.00 bits per heavy atom. The molecule has 2 rings (SSSR count). The summed E-state index contributed by atoms with van der Waals surface area (Å²) >= 11 is 1.13. The maximum absolute atomic E-state index is 13.2. The molecule has 2 N–H and O–H groups in total. The van der Waals surface area contributed by atoms with Crippen molar-refractivity contribution in [1.82, 2.24) is 4.98 Å². The lowest BCUT2D eigenvalue weighted by molar-refractivity contribution is 0.0521. The zero-order valence-electron chi connectivity index (χ0n) is 9.64. The molecule has 6 heteroatoms. The van der Waals surface area contributed by atoms with E-state index in [-0.39, 0.29) is 23.2 Å². The number of anilines is 1. The summed E-state index contributed by atoms with van der Waals surface area (Å²) in [6, 6.07) is 5.92. The largest absolute Gasteiger partial charge is 0.461 e. The molecule has 1 aromatic heterocycles. The van der Waals surface area contributed by atoms with E-state index in [9.17, 15) is 9.18 Å². The fourth-order valence-corrected chi connectivity index (χ4v) is 2.32. The molecule has 0 saturated carbocycles. The van der Waals surface area contributed by atoms with Crippen molar-refractivity contribution in [2.75, 3.05) is 12.3 Å². The average molecular weight is 266 g/mol. The van der Waals surface area contributed by atoms with Gasteiger partial charge in [-0.25, -0.2) is 14.2 Å². The minimum atomic E-state index is -0.551. The highest BCUT2D eigenvalue weighted by atomic mass is 32.1. The highest BCUT2D eigenvalue weighted by Crippen LogP contribution is 2.32. The molecule has 0 aliphatic carbocycles. The highest BCUT2D eigenvalue weighted by molar-refractivity contribution is 7.19. The van der Waals surface area contributed by atoms with E-state index < -0.39 is 5.97 Å². The van der Waals surface area contributed by atoms with Crippen LogP contribution in [0.2, 0.25) is 0 Å². The van der Waals surface area contributed by atoms with Gasteiger partial charge in [0.05, 0.1) is 11.5 Å². The van der Waals surface area contributed by atoms with Gasteiger partial charge in [-0.2, -0.15) is 0 Å². The molecule has 0 amide bonds. The monoisotopic (exact) mass is 266 g/mol. The lowest BCUT2D eigenvalue weighted by atomic mass is 10.1. The summed E-state index contributed by atoms with van der Waals surface area (Å²) in [6.45, 7) is 1.95. The molecule has 0 bridgehead atoms. The number of hydrogen-bond donors (Lipinski definition) is 1. The summed E-state index contributed by atoms with van der Waals surface area (Å²) in [4.78, 5) is 16.2. The quantitative estimate of drug-likeness (QED) is 0.867. The number of nitrogens with two attached hydrogens (primary N) is 1. The van der Waals surface area contributed by atoms with E-state index in [1.54, 1.807) is 19.1 Å². The molecular formula is C12H11FN2O2S. The molecule has 0 radical (unpaired) electrons. The Labute approximate surface area is 107 Å². The van der Waals surface area contributed by atoms with Crippen LogP contribution in [0.15, 0.2) is 24.3 Å². The minimum absolute atomic E-state index is 0.130. The van der Waals surface area contributed by atoms with Gasteiger partial charge in [-0.3, -0.25) is 0 Å². The van der Waals surface area contributed by atoms with Crippen molar-refractivity contribution >= 4 is 22.4 Å². The van der Waals surface area contributed by atoms with Gasteiger partial charge in [0.25, 0.3) is 0 Å². The van der Waals surface area contributed by atoms with E-state index in [0.29, 0.717) is 10.4 Å². The summed E-state index contributed by atoms with van der Waals surface area (Å²) in [5.41, 5.74) is 6.29. The molecule has 18 heavy (non-hydrogen) atoms. The van der Waals surface area contributed by atoms with Crippen LogP contribution < -0.4 is 5.73 Å². The van der Waals surface area contributed by atoms with Crippen LogP contribution >= 0.6 is 11.3 Å². The van der Waals surface area contributed by atoms with Crippen molar-refractivity contribution in [1.29, 1.82) is 0 Å². The number of ether oxygens (including phenoxy) is 1. The Morgan fingerprint density at radius 2 is 2.33 bits per heavy atom. The SMILES string of the molecule is CCOC(=O)c1nc(N)sc1-c1cccc(F)c1. The van der Waals surface area contributed by atoms with Gasteiger partial charge in [0.1, 0.15) is 5.82 Å². The topological polar surface area (TPSA) is 65.2 Å². The zero-order chi connectivity index (χ0) is 13.1. The maximum Gasteiger partial charge on any atom is 0.358 e. The summed E-state index contributed by atoms with van der Waals surface area (Å²) in [5, 5.41) is 0.248. The zero-order valence-corrected chi connectivity index (χ0v) is 10.5.